The van der Waals surface area contributed by atoms with E-state index >= 15 is 0 Å². The molecule has 0 saturated carbocycles. The van der Waals surface area contributed by atoms with E-state index in [-0.39, 0.29) is 41.4 Å². The molecule has 0 fully saturated rings. The van der Waals surface area contributed by atoms with Crippen LogP contribution in [0.5, 0.6) is 0 Å². The SMILES string of the molecule is C=Cc1ccc(S(=O)(=O)O)cc1.O.[H-].[Na+]. The Morgan fingerprint density at radius 1 is 1.29 bits per heavy atom. The molecule has 4 nitrogen and oxygen atoms in total. The fraction of sp³-hybridized carbons (Fsp3) is 0. The second-order valence-electron chi connectivity index (χ2n) is 2.25. The van der Waals surface area contributed by atoms with Crippen LogP contribution in [0, 0.1) is 0 Å². The Morgan fingerprint density at radius 3 is 2.00 bits per heavy atom. The predicted molar refractivity (Wildman–Crippen MR) is 51.1 cm³/mol. The van der Waals surface area contributed by atoms with Crippen molar-refractivity contribution in [1.82, 2.24) is 0 Å². The molecule has 0 radical (unpaired) electrons. The van der Waals surface area contributed by atoms with E-state index in [1.54, 1.807) is 18.2 Å². The van der Waals surface area contributed by atoms with Crippen molar-refractivity contribution >= 4 is 16.2 Å². The molecule has 0 aliphatic carbocycles. The zero-order valence-electron chi connectivity index (χ0n) is 8.77. The maximum absolute atomic E-state index is 10.6. The summed E-state index contributed by atoms with van der Waals surface area (Å²) in [5.74, 6) is 0. The molecule has 14 heavy (non-hydrogen) atoms. The van der Waals surface area contributed by atoms with Gasteiger partial charge in [-0.3, -0.25) is 4.55 Å². The zero-order valence-corrected chi connectivity index (χ0v) is 10.6. The Balaban J connectivity index is -0.000000480. The van der Waals surface area contributed by atoms with Gasteiger partial charge in [-0.05, 0) is 17.7 Å². The van der Waals surface area contributed by atoms with E-state index in [1.165, 1.54) is 12.1 Å². The first kappa shape index (κ1) is 16.3. The van der Waals surface area contributed by atoms with E-state index in [2.05, 4.69) is 6.58 Å². The van der Waals surface area contributed by atoms with Crippen molar-refractivity contribution in [3.63, 3.8) is 0 Å². The average Bonchev–Trinajstić information content (AvgIpc) is 2.03. The molecule has 0 atom stereocenters. The topological polar surface area (TPSA) is 85.9 Å². The van der Waals surface area contributed by atoms with Crippen LogP contribution in [0.2, 0.25) is 0 Å². The summed E-state index contributed by atoms with van der Waals surface area (Å²) in [5, 5.41) is 0. The Kier molecular flexibility index (Phi) is 7.37. The van der Waals surface area contributed by atoms with Gasteiger partial charge in [0.1, 0.15) is 0 Å². The van der Waals surface area contributed by atoms with Gasteiger partial charge in [-0.1, -0.05) is 24.8 Å². The first-order chi connectivity index (χ1) is 5.54. The summed E-state index contributed by atoms with van der Waals surface area (Å²) in [6.07, 6.45) is 1.59. The maximum atomic E-state index is 10.6. The first-order valence-corrected chi connectivity index (χ1v) is 4.68. The molecule has 0 heterocycles. The molecule has 0 saturated heterocycles. The summed E-state index contributed by atoms with van der Waals surface area (Å²) < 4.78 is 29.7. The van der Waals surface area contributed by atoms with Crippen LogP contribution < -0.4 is 29.6 Å². The summed E-state index contributed by atoms with van der Waals surface area (Å²) in [5.41, 5.74) is 0.808. The fourth-order valence-electron chi connectivity index (χ4n) is 0.776. The normalized spacial score (nSPS) is 9.50. The maximum Gasteiger partial charge on any atom is 1.00 e. The minimum Gasteiger partial charge on any atom is -1.00 e. The molecule has 3 N–H and O–H groups in total. The van der Waals surface area contributed by atoms with Crippen LogP contribution in [0.4, 0.5) is 0 Å². The summed E-state index contributed by atoms with van der Waals surface area (Å²) in [7, 11) is -4.06. The van der Waals surface area contributed by atoms with E-state index in [0.717, 1.165) is 5.56 Å². The standard InChI is InChI=1S/C8H8O3S.Na.H2O.H/c1-2-7-3-5-8(6-4-7)12(9,10)11;;;/h2-6H,1H2,(H,9,10,11);;1H2;/q;+1;;-1. The second kappa shape index (κ2) is 6.34. The third-order valence-corrected chi connectivity index (χ3v) is 2.28. The molecule has 0 aliphatic rings. The molecule has 0 amide bonds. The average molecular weight is 226 g/mol. The monoisotopic (exact) mass is 226 g/mol. The second-order valence-corrected chi connectivity index (χ2v) is 3.67. The largest absolute Gasteiger partial charge is 1.00 e. The fourth-order valence-corrected chi connectivity index (χ4v) is 1.26. The van der Waals surface area contributed by atoms with Crippen LogP contribution in [0.1, 0.15) is 6.99 Å². The molecule has 0 aliphatic heterocycles. The Morgan fingerprint density at radius 2 is 1.71 bits per heavy atom. The van der Waals surface area contributed by atoms with Crippen molar-refractivity contribution in [2.75, 3.05) is 0 Å². The Labute approximate surface area is 106 Å². The molecular formula is C8H11NaO4S. The Hall–Kier alpha value is -0.170. The number of benzene rings is 1. The first-order valence-electron chi connectivity index (χ1n) is 3.24. The summed E-state index contributed by atoms with van der Waals surface area (Å²) >= 11 is 0. The smallest absolute Gasteiger partial charge is 1.00 e. The molecule has 1 rings (SSSR count). The third-order valence-electron chi connectivity index (χ3n) is 1.41. The number of hydrogen-bond acceptors (Lipinski definition) is 2. The van der Waals surface area contributed by atoms with E-state index in [1.807, 2.05) is 0 Å². The summed E-state index contributed by atoms with van der Waals surface area (Å²) in [6, 6.07) is 5.78. The third kappa shape index (κ3) is 4.36. The molecule has 0 spiro atoms. The van der Waals surface area contributed by atoms with Gasteiger partial charge in [0, 0.05) is 0 Å². The van der Waals surface area contributed by atoms with Gasteiger partial charge in [-0.2, -0.15) is 8.42 Å². The van der Waals surface area contributed by atoms with Crippen LogP contribution in [0.15, 0.2) is 35.7 Å². The molecular weight excluding hydrogens is 215 g/mol. The van der Waals surface area contributed by atoms with Crippen LogP contribution in [0.3, 0.4) is 0 Å². The molecule has 1 aromatic rings. The van der Waals surface area contributed by atoms with Gasteiger partial charge in [0.25, 0.3) is 10.1 Å². The van der Waals surface area contributed by atoms with Gasteiger partial charge in [-0.15, -0.1) is 0 Å². The van der Waals surface area contributed by atoms with Gasteiger partial charge in [0.2, 0.25) is 0 Å². The molecule has 6 heteroatoms. The summed E-state index contributed by atoms with van der Waals surface area (Å²) in [4.78, 5) is -0.104. The number of hydrogen-bond donors (Lipinski definition) is 1. The van der Waals surface area contributed by atoms with Crippen molar-refractivity contribution in [1.29, 1.82) is 0 Å². The van der Waals surface area contributed by atoms with Gasteiger partial charge in [-0.25, -0.2) is 0 Å². The summed E-state index contributed by atoms with van der Waals surface area (Å²) in [6.45, 7) is 3.51. The molecule has 74 valence electrons. The van der Waals surface area contributed by atoms with E-state index in [0.29, 0.717) is 0 Å². The van der Waals surface area contributed by atoms with Crippen molar-refractivity contribution in [2.45, 2.75) is 4.90 Å². The van der Waals surface area contributed by atoms with Gasteiger partial charge < -0.3 is 6.90 Å². The Bertz CT molecular complexity index is 388. The van der Waals surface area contributed by atoms with Crippen LogP contribution in [-0.2, 0) is 10.1 Å². The van der Waals surface area contributed by atoms with Crippen LogP contribution in [0.25, 0.3) is 6.08 Å². The number of rotatable bonds is 2. The van der Waals surface area contributed by atoms with Crippen molar-refractivity contribution < 1.29 is 49.4 Å². The molecule has 0 bridgehead atoms. The minimum absolute atomic E-state index is 0. The van der Waals surface area contributed by atoms with E-state index in [4.69, 9.17) is 4.55 Å². The van der Waals surface area contributed by atoms with Crippen molar-refractivity contribution in [3.05, 3.63) is 36.4 Å². The van der Waals surface area contributed by atoms with Gasteiger partial charge in [0.15, 0.2) is 0 Å². The predicted octanol–water partition coefficient (Wildman–Crippen LogP) is -2.13. The van der Waals surface area contributed by atoms with Crippen molar-refractivity contribution in [3.8, 4) is 0 Å². The van der Waals surface area contributed by atoms with E-state index < -0.39 is 10.1 Å². The molecule has 1 aromatic carbocycles. The van der Waals surface area contributed by atoms with Gasteiger partial charge >= 0.3 is 29.6 Å². The quantitative estimate of drug-likeness (QED) is 0.461. The van der Waals surface area contributed by atoms with Gasteiger partial charge in [0.05, 0.1) is 4.90 Å². The van der Waals surface area contributed by atoms with Crippen LogP contribution in [-0.4, -0.2) is 18.4 Å². The zero-order chi connectivity index (χ0) is 9.19. The minimum atomic E-state index is -4.06. The van der Waals surface area contributed by atoms with E-state index in [9.17, 15) is 8.42 Å². The van der Waals surface area contributed by atoms with Crippen molar-refractivity contribution in [2.24, 2.45) is 0 Å². The van der Waals surface area contributed by atoms with Crippen LogP contribution >= 0.6 is 0 Å². The molecule has 0 aromatic heterocycles. The molecule has 0 unspecified atom stereocenters.